The van der Waals surface area contributed by atoms with Crippen LogP contribution in [0.15, 0.2) is 41.0 Å². The Morgan fingerprint density at radius 1 is 1.39 bits per heavy atom. The third-order valence-corrected chi connectivity index (χ3v) is 3.14. The summed E-state index contributed by atoms with van der Waals surface area (Å²) in [6.45, 7) is 2.43. The number of hydrogen-bond donors (Lipinski definition) is 3. The average Bonchev–Trinajstić information content (AvgIpc) is 3.00. The molecule has 0 saturated heterocycles. The molecule has 3 N–H and O–H groups in total. The molecule has 0 saturated carbocycles. The fourth-order valence-corrected chi connectivity index (χ4v) is 1.94. The molecule has 1 aromatic heterocycles. The van der Waals surface area contributed by atoms with Crippen LogP contribution in [-0.2, 0) is 6.42 Å². The van der Waals surface area contributed by atoms with Gasteiger partial charge < -0.3 is 24.7 Å². The van der Waals surface area contributed by atoms with Gasteiger partial charge in [-0.2, -0.15) is 0 Å². The van der Waals surface area contributed by atoms with Crippen molar-refractivity contribution in [3.63, 3.8) is 0 Å². The minimum absolute atomic E-state index is 0.0262. The minimum atomic E-state index is -1.12. The molecule has 2 rings (SSSR count). The number of hydrogen-bond acceptors (Lipinski definition) is 6. The van der Waals surface area contributed by atoms with Crippen molar-refractivity contribution in [2.24, 2.45) is 0 Å². The van der Waals surface area contributed by atoms with Crippen molar-refractivity contribution in [1.82, 2.24) is 10.3 Å². The maximum Gasteiger partial charge on any atom is 0.357 e. The van der Waals surface area contributed by atoms with Crippen LogP contribution in [0.3, 0.4) is 0 Å². The highest BCUT2D eigenvalue weighted by Crippen LogP contribution is 2.08. The highest BCUT2D eigenvalue weighted by atomic mass is 16.5. The van der Waals surface area contributed by atoms with Crippen molar-refractivity contribution in [3.05, 3.63) is 48.2 Å². The van der Waals surface area contributed by atoms with Gasteiger partial charge in [0.05, 0.1) is 0 Å². The number of carboxylic acids is 1. The van der Waals surface area contributed by atoms with Crippen molar-refractivity contribution in [3.8, 4) is 5.75 Å². The van der Waals surface area contributed by atoms with Gasteiger partial charge in [0, 0.05) is 19.0 Å². The first kappa shape index (κ1) is 17.0. The number of rotatable bonds is 9. The summed E-state index contributed by atoms with van der Waals surface area (Å²) >= 11 is 0. The summed E-state index contributed by atoms with van der Waals surface area (Å²) in [5.41, 5.74) is -0.108. The standard InChI is InChI=1S/C16H20N2O5/c1-11(7-15-18-14(10-23-15)16(20)21)17-8-12(19)9-22-13-5-3-2-4-6-13/h2-6,10-12,17,19H,7-9H2,1H3,(H,20,21). The van der Waals surface area contributed by atoms with Gasteiger partial charge >= 0.3 is 5.97 Å². The monoisotopic (exact) mass is 320 g/mol. The quantitative estimate of drug-likeness (QED) is 0.640. The van der Waals surface area contributed by atoms with E-state index in [-0.39, 0.29) is 18.3 Å². The van der Waals surface area contributed by atoms with Gasteiger partial charge in [-0.3, -0.25) is 0 Å². The summed E-state index contributed by atoms with van der Waals surface area (Å²) in [5.74, 6) is -0.0629. The molecule has 0 aliphatic carbocycles. The molecule has 0 fully saturated rings. The predicted molar refractivity (Wildman–Crippen MR) is 82.6 cm³/mol. The van der Waals surface area contributed by atoms with E-state index in [0.717, 1.165) is 6.26 Å². The lowest BCUT2D eigenvalue weighted by molar-refractivity contribution is 0.0690. The van der Waals surface area contributed by atoms with Crippen molar-refractivity contribution in [1.29, 1.82) is 0 Å². The number of nitrogens with one attached hydrogen (secondary N) is 1. The lowest BCUT2D eigenvalue weighted by atomic mass is 10.2. The normalized spacial score (nSPS) is 13.5. The van der Waals surface area contributed by atoms with Gasteiger partial charge in [-0.1, -0.05) is 18.2 Å². The van der Waals surface area contributed by atoms with Crippen LogP contribution < -0.4 is 10.1 Å². The number of carboxylic acid groups (broad SMARTS) is 1. The van der Waals surface area contributed by atoms with Crippen LogP contribution in [-0.4, -0.2) is 46.5 Å². The van der Waals surface area contributed by atoms with E-state index in [1.807, 2.05) is 37.3 Å². The number of nitrogens with zero attached hydrogens (tertiary/aromatic N) is 1. The topological polar surface area (TPSA) is 105 Å². The number of para-hydroxylation sites is 1. The largest absolute Gasteiger partial charge is 0.491 e. The molecule has 23 heavy (non-hydrogen) atoms. The number of ether oxygens (including phenoxy) is 1. The molecule has 124 valence electrons. The van der Waals surface area contributed by atoms with Crippen molar-refractivity contribution >= 4 is 5.97 Å². The van der Waals surface area contributed by atoms with Gasteiger partial charge in [-0.05, 0) is 19.1 Å². The first-order valence-electron chi connectivity index (χ1n) is 7.31. The van der Waals surface area contributed by atoms with Crippen LogP contribution in [0.5, 0.6) is 5.75 Å². The molecule has 2 atom stereocenters. The Morgan fingerprint density at radius 2 is 2.13 bits per heavy atom. The van der Waals surface area contributed by atoms with Crippen molar-refractivity contribution in [2.45, 2.75) is 25.5 Å². The van der Waals surface area contributed by atoms with Crippen LogP contribution >= 0.6 is 0 Å². The molecule has 0 aliphatic rings. The fourth-order valence-electron chi connectivity index (χ4n) is 1.94. The van der Waals surface area contributed by atoms with Crippen LogP contribution in [0.25, 0.3) is 0 Å². The summed E-state index contributed by atoms with van der Waals surface area (Å²) in [5, 5.41) is 21.8. The third-order valence-electron chi connectivity index (χ3n) is 3.14. The third kappa shape index (κ3) is 5.72. The molecule has 7 heteroatoms. The summed E-state index contributed by atoms with van der Waals surface area (Å²) in [4.78, 5) is 14.6. The lowest BCUT2D eigenvalue weighted by Gasteiger charge is -2.16. The van der Waals surface area contributed by atoms with Crippen LogP contribution in [0.2, 0.25) is 0 Å². The van der Waals surface area contributed by atoms with Crippen molar-refractivity contribution in [2.75, 3.05) is 13.2 Å². The molecule has 0 amide bonds. The van der Waals surface area contributed by atoms with E-state index < -0.39 is 12.1 Å². The summed E-state index contributed by atoms with van der Waals surface area (Å²) in [6.07, 6.45) is 0.892. The Morgan fingerprint density at radius 3 is 2.78 bits per heavy atom. The molecule has 2 unspecified atom stereocenters. The molecule has 0 spiro atoms. The summed E-state index contributed by atoms with van der Waals surface area (Å²) < 4.78 is 10.6. The van der Waals surface area contributed by atoms with E-state index in [2.05, 4.69) is 10.3 Å². The van der Waals surface area contributed by atoms with Gasteiger partial charge in [-0.25, -0.2) is 9.78 Å². The Balaban J connectivity index is 1.68. The summed E-state index contributed by atoms with van der Waals surface area (Å²) in [7, 11) is 0. The molecule has 1 aromatic carbocycles. The van der Waals surface area contributed by atoms with E-state index in [9.17, 15) is 9.90 Å². The number of aliphatic hydroxyl groups excluding tert-OH is 1. The average molecular weight is 320 g/mol. The first-order chi connectivity index (χ1) is 11.0. The molecule has 0 radical (unpaired) electrons. The van der Waals surface area contributed by atoms with E-state index >= 15 is 0 Å². The second kappa shape index (κ2) is 8.30. The van der Waals surface area contributed by atoms with Gasteiger partial charge in [0.15, 0.2) is 11.6 Å². The molecular weight excluding hydrogens is 300 g/mol. The number of aromatic carboxylic acids is 1. The fraction of sp³-hybridized carbons (Fsp3) is 0.375. The molecular formula is C16H20N2O5. The zero-order chi connectivity index (χ0) is 16.7. The second-order valence-corrected chi connectivity index (χ2v) is 5.22. The van der Waals surface area contributed by atoms with Crippen molar-refractivity contribution < 1.29 is 24.2 Å². The van der Waals surface area contributed by atoms with E-state index in [0.29, 0.717) is 24.6 Å². The minimum Gasteiger partial charge on any atom is -0.491 e. The maximum absolute atomic E-state index is 10.7. The highest BCUT2D eigenvalue weighted by Gasteiger charge is 2.14. The molecule has 0 bridgehead atoms. The van der Waals surface area contributed by atoms with Crippen LogP contribution in [0.4, 0.5) is 0 Å². The molecule has 7 nitrogen and oxygen atoms in total. The van der Waals surface area contributed by atoms with E-state index in [1.165, 1.54) is 0 Å². The lowest BCUT2D eigenvalue weighted by Crippen LogP contribution is -2.37. The SMILES string of the molecule is CC(Cc1nc(C(=O)O)co1)NCC(O)COc1ccccc1. The molecule has 0 aliphatic heterocycles. The van der Waals surface area contributed by atoms with Gasteiger partial charge in [-0.15, -0.1) is 0 Å². The number of carbonyl (C=O) groups is 1. The number of oxazole rings is 1. The second-order valence-electron chi connectivity index (χ2n) is 5.22. The molecule has 1 heterocycles. The maximum atomic E-state index is 10.7. The zero-order valence-corrected chi connectivity index (χ0v) is 12.8. The predicted octanol–water partition coefficient (Wildman–Crippen LogP) is 1.33. The number of benzene rings is 1. The number of aromatic nitrogens is 1. The van der Waals surface area contributed by atoms with Crippen LogP contribution in [0.1, 0.15) is 23.3 Å². The number of aliphatic hydroxyl groups is 1. The van der Waals surface area contributed by atoms with E-state index in [4.69, 9.17) is 14.3 Å². The Hall–Kier alpha value is -2.38. The van der Waals surface area contributed by atoms with E-state index in [1.54, 1.807) is 0 Å². The Kier molecular flexibility index (Phi) is 6.13. The first-order valence-corrected chi connectivity index (χ1v) is 7.31. The Labute approximate surface area is 133 Å². The van der Waals surface area contributed by atoms with Crippen LogP contribution in [0, 0.1) is 0 Å². The highest BCUT2D eigenvalue weighted by molar-refractivity contribution is 5.84. The zero-order valence-electron chi connectivity index (χ0n) is 12.8. The van der Waals surface area contributed by atoms with Gasteiger partial charge in [0.1, 0.15) is 24.7 Å². The smallest absolute Gasteiger partial charge is 0.357 e. The van der Waals surface area contributed by atoms with Gasteiger partial charge in [0.2, 0.25) is 0 Å². The Bertz CT molecular complexity index is 614. The summed E-state index contributed by atoms with van der Waals surface area (Å²) in [6, 6.07) is 9.25. The molecule has 2 aromatic rings. The van der Waals surface area contributed by atoms with Gasteiger partial charge in [0.25, 0.3) is 0 Å².